The van der Waals surface area contributed by atoms with Crippen molar-refractivity contribution in [2.45, 2.75) is 138 Å². The third kappa shape index (κ3) is 7.32. The molecule has 48 heavy (non-hydrogen) atoms. The summed E-state index contributed by atoms with van der Waals surface area (Å²) in [6.07, 6.45) is 6.00. The Kier molecular flexibility index (Phi) is 11.9. The number of benzene rings is 1. The maximum atomic E-state index is 14.4. The molecule has 1 nitrogen and oxygen atoms in total. The molecule has 276 valence electrons. The molecule has 0 heterocycles. The van der Waals surface area contributed by atoms with E-state index in [1.165, 1.54) is 44.9 Å². The Balaban J connectivity index is 1.64. The SMILES string of the molecule is CCCCC1CCC(CCC2CCC(c3ccc(C(=O)C(F)(F)C(F)(F)C(F)(F)C(F)(F)C(F)(F)C(F)(F)C(F)(F)F)cc3)CC2)CC1. The average molecular weight is 723 g/mol. The smallest absolute Gasteiger partial charge is 0.287 e. The van der Waals surface area contributed by atoms with Crippen LogP contribution in [0.3, 0.4) is 0 Å². The van der Waals surface area contributed by atoms with Crippen LogP contribution in [0, 0.1) is 17.8 Å². The number of rotatable bonds is 14. The number of carbonyl (C=O) groups is 1. The highest BCUT2D eigenvalue weighted by Crippen LogP contribution is 2.62. The summed E-state index contributed by atoms with van der Waals surface area (Å²) < 4.78 is 203. The number of Topliss-reactive ketones (excluding diaryl/α,β-unsaturated/α-hetero) is 1. The van der Waals surface area contributed by atoms with Gasteiger partial charge in [0.25, 0.3) is 0 Å². The van der Waals surface area contributed by atoms with Crippen LogP contribution in [0.1, 0.15) is 112 Å². The fourth-order valence-electron chi connectivity index (χ4n) is 6.75. The van der Waals surface area contributed by atoms with E-state index in [0.717, 1.165) is 43.7 Å². The van der Waals surface area contributed by atoms with Gasteiger partial charge in [0, 0.05) is 5.56 Å². The van der Waals surface area contributed by atoms with E-state index in [4.69, 9.17) is 0 Å². The summed E-state index contributed by atoms with van der Waals surface area (Å²) >= 11 is 0. The molecule has 2 aliphatic rings. The number of alkyl halides is 15. The van der Waals surface area contributed by atoms with E-state index >= 15 is 0 Å². The Labute approximate surface area is 268 Å². The summed E-state index contributed by atoms with van der Waals surface area (Å²) in [6.45, 7) is 2.17. The largest absolute Gasteiger partial charge is 0.460 e. The van der Waals surface area contributed by atoms with Crippen molar-refractivity contribution in [3.63, 3.8) is 0 Å². The van der Waals surface area contributed by atoms with Crippen LogP contribution in [0.25, 0.3) is 0 Å². The third-order valence-electron chi connectivity index (χ3n) is 10.0. The lowest BCUT2D eigenvalue weighted by atomic mass is 9.74. The molecule has 16 heteroatoms. The van der Waals surface area contributed by atoms with Crippen LogP contribution in [-0.2, 0) is 0 Å². The molecule has 2 saturated carbocycles. The van der Waals surface area contributed by atoms with Gasteiger partial charge in [0.2, 0.25) is 5.78 Å². The lowest BCUT2D eigenvalue weighted by Crippen LogP contribution is -2.73. The number of carbonyl (C=O) groups excluding carboxylic acids is 1. The normalized spacial score (nSPS) is 24.1. The van der Waals surface area contributed by atoms with Gasteiger partial charge >= 0.3 is 41.7 Å². The maximum absolute atomic E-state index is 14.4. The van der Waals surface area contributed by atoms with E-state index in [0.29, 0.717) is 42.4 Å². The molecule has 2 fully saturated rings. The van der Waals surface area contributed by atoms with Gasteiger partial charge in [-0.05, 0) is 54.9 Å². The zero-order valence-electron chi connectivity index (χ0n) is 25.9. The molecule has 0 aromatic heterocycles. The number of ketones is 1. The number of halogens is 15. The Morgan fingerprint density at radius 3 is 1.33 bits per heavy atom. The van der Waals surface area contributed by atoms with E-state index in [-0.39, 0.29) is 5.92 Å². The van der Waals surface area contributed by atoms with E-state index in [2.05, 4.69) is 6.92 Å². The van der Waals surface area contributed by atoms with E-state index < -0.39 is 53.1 Å². The van der Waals surface area contributed by atoms with Crippen LogP contribution in [0.4, 0.5) is 65.9 Å². The Morgan fingerprint density at radius 1 is 0.542 bits per heavy atom. The van der Waals surface area contributed by atoms with Crippen molar-refractivity contribution in [3.8, 4) is 0 Å². The van der Waals surface area contributed by atoms with Crippen molar-refractivity contribution in [3.05, 3.63) is 35.4 Å². The van der Waals surface area contributed by atoms with Crippen LogP contribution in [0.2, 0.25) is 0 Å². The van der Waals surface area contributed by atoms with Crippen molar-refractivity contribution >= 4 is 5.78 Å². The molecule has 3 rings (SSSR count). The van der Waals surface area contributed by atoms with Gasteiger partial charge < -0.3 is 0 Å². The molecule has 0 saturated heterocycles. The fourth-order valence-corrected chi connectivity index (χ4v) is 6.75. The highest BCUT2D eigenvalue weighted by atomic mass is 19.4. The van der Waals surface area contributed by atoms with E-state index in [1.807, 2.05) is 0 Å². The molecular formula is C32H37F15O. The highest BCUT2D eigenvalue weighted by molar-refractivity contribution is 6.02. The molecular weight excluding hydrogens is 685 g/mol. The van der Waals surface area contributed by atoms with Gasteiger partial charge in [-0.25, -0.2) is 0 Å². The van der Waals surface area contributed by atoms with Crippen LogP contribution in [0.15, 0.2) is 24.3 Å². The predicted octanol–water partition coefficient (Wildman–Crippen LogP) is 12.3. The van der Waals surface area contributed by atoms with Crippen molar-refractivity contribution in [2.75, 3.05) is 0 Å². The second kappa shape index (κ2) is 14.2. The quantitative estimate of drug-likeness (QED) is 0.138. The summed E-state index contributed by atoms with van der Waals surface area (Å²) in [5, 5.41) is 0. The van der Waals surface area contributed by atoms with E-state index in [9.17, 15) is 70.7 Å². The molecule has 0 bridgehead atoms. The average Bonchev–Trinajstić information content (AvgIpc) is 3.02. The van der Waals surface area contributed by atoms with Gasteiger partial charge in [-0.15, -0.1) is 0 Å². The Hall–Kier alpha value is -2.16. The topological polar surface area (TPSA) is 17.1 Å². The van der Waals surface area contributed by atoms with E-state index in [1.54, 1.807) is 0 Å². The maximum Gasteiger partial charge on any atom is 0.460 e. The molecule has 0 atom stereocenters. The Morgan fingerprint density at radius 2 is 0.917 bits per heavy atom. The second-order valence-electron chi connectivity index (χ2n) is 13.2. The summed E-state index contributed by atoms with van der Waals surface area (Å²) in [6, 6.07) is 3.06. The third-order valence-corrected chi connectivity index (χ3v) is 10.0. The molecule has 0 amide bonds. The summed E-state index contributed by atoms with van der Waals surface area (Å²) in [5.74, 6) is -49.5. The van der Waals surface area contributed by atoms with Crippen LogP contribution in [0.5, 0.6) is 0 Å². The first-order valence-corrected chi connectivity index (χ1v) is 15.8. The van der Waals surface area contributed by atoms with Gasteiger partial charge in [-0.2, -0.15) is 65.9 Å². The van der Waals surface area contributed by atoms with Crippen molar-refractivity contribution in [2.24, 2.45) is 17.8 Å². The van der Waals surface area contributed by atoms with Gasteiger partial charge in [0.15, 0.2) is 0 Å². The zero-order chi connectivity index (χ0) is 36.6. The first-order valence-electron chi connectivity index (χ1n) is 15.8. The summed E-state index contributed by atoms with van der Waals surface area (Å²) in [5.41, 5.74) is -0.996. The Bertz CT molecular complexity index is 1210. The molecule has 1 aromatic carbocycles. The predicted molar refractivity (Wildman–Crippen MR) is 145 cm³/mol. The van der Waals surface area contributed by atoms with Crippen LogP contribution in [-0.4, -0.2) is 47.5 Å². The second-order valence-corrected chi connectivity index (χ2v) is 13.2. The van der Waals surface area contributed by atoms with Crippen LogP contribution >= 0.6 is 0 Å². The lowest BCUT2D eigenvalue weighted by molar-refractivity contribution is -0.449. The summed E-state index contributed by atoms with van der Waals surface area (Å²) in [7, 11) is 0. The molecule has 0 unspecified atom stereocenters. The van der Waals surface area contributed by atoms with Gasteiger partial charge in [0.1, 0.15) is 0 Å². The monoisotopic (exact) mass is 722 g/mol. The molecule has 0 N–H and O–H groups in total. The highest BCUT2D eigenvalue weighted by Gasteiger charge is 2.94. The first-order chi connectivity index (χ1) is 21.9. The lowest BCUT2D eigenvalue weighted by Gasteiger charge is -2.41. The standard InChI is InChI=1S/C32H37F15O/c1-2-3-4-19-5-7-20(8-6-19)9-10-21-11-13-22(14-12-21)23-15-17-24(18-16-23)25(48)26(33,34)27(35,36)28(37,38)29(39,40)30(41,42)31(43,44)32(45,46)47/h15-22H,2-14H2,1H3. The molecule has 2 aliphatic carbocycles. The van der Waals surface area contributed by atoms with Crippen molar-refractivity contribution in [1.82, 2.24) is 0 Å². The summed E-state index contributed by atoms with van der Waals surface area (Å²) in [4.78, 5) is 12.2. The minimum absolute atomic E-state index is 0.151. The van der Waals surface area contributed by atoms with Crippen molar-refractivity contribution in [1.29, 1.82) is 0 Å². The fraction of sp³-hybridized carbons (Fsp3) is 0.781. The number of hydrogen-bond acceptors (Lipinski definition) is 1. The molecule has 0 aliphatic heterocycles. The van der Waals surface area contributed by atoms with Crippen LogP contribution < -0.4 is 0 Å². The van der Waals surface area contributed by atoms with Crippen molar-refractivity contribution < 1.29 is 70.7 Å². The van der Waals surface area contributed by atoms with Gasteiger partial charge in [0.05, 0.1) is 0 Å². The first kappa shape index (κ1) is 40.3. The zero-order valence-corrected chi connectivity index (χ0v) is 25.9. The minimum Gasteiger partial charge on any atom is -0.287 e. The molecule has 1 aromatic rings. The number of unbranched alkanes of at least 4 members (excludes halogenated alkanes) is 1. The minimum atomic E-state index is -8.43. The van der Waals surface area contributed by atoms with Gasteiger partial charge in [-0.3, -0.25) is 4.79 Å². The number of hydrogen-bond donors (Lipinski definition) is 0. The molecule has 0 radical (unpaired) electrons. The van der Waals surface area contributed by atoms with Gasteiger partial charge in [-0.1, -0.05) is 89.0 Å². The molecule has 0 spiro atoms.